The third kappa shape index (κ3) is 3.76. The van der Waals surface area contributed by atoms with Crippen LogP contribution in [0.3, 0.4) is 0 Å². The standard InChI is InChI=1S/C16H16BrClFNO/c1-20-14(12-9-11(17)6-7-13(12)18)8-10-4-3-5-15(21-2)16(10)19/h3-7,9,14,20H,8H2,1-2H3. The van der Waals surface area contributed by atoms with Crippen molar-refractivity contribution in [3.05, 3.63) is 62.8 Å². The van der Waals surface area contributed by atoms with Crippen LogP contribution in [0.2, 0.25) is 5.02 Å². The van der Waals surface area contributed by atoms with Crippen LogP contribution in [0.4, 0.5) is 4.39 Å². The lowest BCUT2D eigenvalue weighted by Crippen LogP contribution is -2.20. The Labute approximate surface area is 137 Å². The molecule has 0 amide bonds. The zero-order valence-corrected chi connectivity index (χ0v) is 14.1. The lowest BCUT2D eigenvalue weighted by Gasteiger charge is -2.19. The smallest absolute Gasteiger partial charge is 0.168 e. The van der Waals surface area contributed by atoms with Crippen LogP contribution in [0.5, 0.6) is 5.75 Å². The molecule has 0 saturated carbocycles. The molecule has 2 aromatic rings. The van der Waals surface area contributed by atoms with E-state index >= 15 is 0 Å². The molecule has 0 aliphatic heterocycles. The average molecular weight is 373 g/mol. The number of hydrogen-bond donors (Lipinski definition) is 1. The summed E-state index contributed by atoms with van der Waals surface area (Å²) in [5.41, 5.74) is 1.51. The first-order chi connectivity index (χ1) is 10.1. The molecule has 0 saturated heterocycles. The Hall–Kier alpha value is -1.10. The topological polar surface area (TPSA) is 21.3 Å². The maximum Gasteiger partial charge on any atom is 0.168 e. The number of halogens is 3. The summed E-state index contributed by atoms with van der Waals surface area (Å²) in [6.07, 6.45) is 0.482. The summed E-state index contributed by atoms with van der Waals surface area (Å²) in [4.78, 5) is 0. The van der Waals surface area contributed by atoms with Crippen molar-refractivity contribution < 1.29 is 9.13 Å². The average Bonchev–Trinajstić information content (AvgIpc) is 2.49. The zero-order valence-electron chi connectivity index (χ0n) is 11.8. The molecule has 2 nitrogen and oxygen atoms in total. The van der Waals surface area contributed by atoms with Crippen LogP contribution in [0.15, 0.2) is 40.9 Å². The molecule has 0 fully saturated rings. The maximum atomic E-state index is 14.3. The molecule has 0 heterocycles. The van der Waals surface area contributed by atoms with E-state index < -0.39 is 0 Å². The van der Waals surface area contributed by atoms with Crippen molar-refractivity contribution in [2.75, 3.05) is 14.2 Å². The molecule has 0 spiro atoms. The minimum Gasteiger partial charge on any atom is -0.494 e. The van der Waals surface area contributed by atoms with Crippen LogP contribution in [-0.4, -0.2) is 14.2 Å². The molecule has 0 aromatic heterocycles. The summed E-state index contributed by atoms with van der Waals surface area (Å²) in [5, 5.41) is 3.84. The Bertz CT molecular complexity index is 636. The van der Waals surface area contributed by atoms with E-state index in [0.29, 0.717) is 17.0 Å². The number of ether oxygens (including phenoxy) is 1. The predicted molar refractivity (Wildman–Crippen MR) is 87.6 cm³/mol. The molecule has 1 unspecified atom stereocenters. The Balaban J connectivity index is 2.33. The third-order valence-corrected chi connectivity index (χ3v) is 4.21. The monoisotopic (exact) mass is 371 g/mol. The van der Waals surface area contributed by atoms with Crippen molar-refractivity contribution in [3.63, 3.8) is 0 Å². The van der Waals surface area contributed by atoms with Gasteiger partial charge in [-0.2, -0.15) is 0 Å². The highest BCUT2D eigenvalue weighted by atomic mass is 79.9. The van der Waals surface area contributed by atoms with Crippen molar-refractivity contribution in [2.45, 2.75) is 12.5 Å². The number of nitrogens with one attached hydrogen (secondary N) is 1. The van der Waals surface area contributed by atoms with Gasteiger partial charge in [0.05, 0.1) is 7.11 Å². The van der Waals surface area contributed by atoms with E-state index in [4.69, 9.17) is 16.3 Å². The molecule has 1 atom stereocenters. The first kappa shape index (κ1) is 16.3. The van der Waals surface area contributed by atoms with Crippen molar-refractivity contribution in [3.8, 4) is 5.75 Å². The van der Waals surface area contributed by atoms with Gasteiger partial charge in [0.2, 0.25) is 0 Å². The summed E-state index contributed by atoms with van der Waals surface area (Å²) >= 11 is 9.69. The number of likely N-dealkylation sites (N-methyl/N-ethyl adjacent to an activating group) is 1. The van der Waals surface area contributed by atoms with Crippen molar-refractivity contribution in [2.24, 2.45) is 0 Å². The van der Waals surface area contributed by atoms with E-state index in [-0.39, 0.29) is 17.6 Å². The van der Waals surface area contributed by atoms with Gasteiger partial charge in [-0.05, 0) is 48.9 Å². The second kappa shape index (κ2) is 7.25. The number of benzene rings is 2. The van der Waals surface area contributed by atoms with Gasteiger partial charge in [0.25, 0.3) is 0 Å². The van der Waals surface area contributed by atoms with Crippen LogP contribution in [0.25, 0.3) is 0 Å². The summed E-state index contributed by atoms with van der Waals surface area (Å²) in [7, 11) is 3.29. The molecule has 5 heteroatoms. The molecule has 2 aromatic carbocycles. The number of hydrogen-bond acceptors (Lipinski definition) is 2. The van der Waals surface area contributed by atoms with E-state index in [0.717, 1.165) is 10.0 Å². The van der Waals surface area contributed by atoms with Crippen LogP contribution in [0.1, 0.15) is 17.2 Å². The first-order valence-electron chi connectivity index (χ1n) is 6.50. The van der Waals surface area contributed by atoms with Crippen molar-refractivity contribution in [1.29, 1.82) is 0 Å². The van der Waals surface area contributed by atoms with Crippen LogP contribution < -0.4 is 10.1 Å². The minimum atomic E-state index is -0.327. The Morgan fingerprint density at radius 3 is 2.76 bits per heavy atom. The highest BCUT2D eigenvalue weighted by Gasteiger charge is 2.17. The Morgan fingerprint density at radius 1 is 1.33 bits per heavy atom. The van der Waals surface area contributed by atoms with E-state index in [1.54, 1.807) is 18.2 Å². The normalized spacial score (nSPS) is 12.2. The molecular formula is C16H16BrClFNO. The van der Waals surface area contributed by atoms with E-state index in [9.17, 15) is 4.39 Å². The summed E-state index contributed by atoms with van der Waals surface area (Å²) in [6.45, 7) is 0. The number of methoxy groups -OCH3 is 1. The fraction of sp³-hybridized carbons (Fsp3) is 0.250. The number of rotatable bonds is 5. The molecule has 21 heavy (non-hydrogen) atoms. The van der Waals surface area contributed by atoms with Gasteiger partial charge >= 0.3 is 0 Å². The van der Waals surface area contributed by atoms with Gasteiger partial charge in [-0.3, -0.25) is 0 Å². The molecule has 0 radical (unpaired) electrons. The van der Waals surface area contributed by atoms with Crippen LogP contribution >= 0.6 is 27.5 Å². The highest BCUT2D eigenvalue weighted by Crippen LogP contribution is 2.30. The minimum absolute atomic E-state index is 0.0865. The fourth-order valence-corrected chi connectivity index (χ4v) is 2.87. The summed E-state index contributed by atoms with van der Waals surface area (Å²) in [6, 6.07) is 10.7. The predicted octanol–water partition coefficient (Wildman–Crippen LogP) is 4.75. The quantitative estimate of drug-likeness (QED) is 0.817. The SMILES string of the molecule is CNC(Cc1cccc(OC)c1F)c1cc(Br)ccc1Cl. The molecule has 112 valence electrons. The van der Waals surface area contributed by atoms with Gasteiger partial charge in [0, 0.05) is 15.5 Å². The summed E-state index contributed by atoms with van der Waals surface area (Å²) < 4.78 is 20.2. The largest absolute Gasteiger partial charge is 0.494 e. The third-order valence-electron chi connectivity index (χ3n) is 3.37. The maximum absolute atomic E-state index is 14.3. The van der Waals surface area contributed by atoms with E-state index in [2.05, 4.69) is 21.2 Å². The van der Waals surface area contributed by atoms with Crippen LogP contribution in [-0.2, 0) is 6.42 Å². The van der Waals surface area contributed by atoms with Crippen molar-refractivity contribution >= 4 is 27.5 Å². The zero-order chi connectivity index (χ0) is 15.4. The van der Waals surface area contributed by atoms with Gasteiger partial charge in [-0.15, -0.1) is 0 Å². The van der Waals surface area contributed by atoms with Gasteiger partial charge in [-0.25, -0.2) is 4.39 Å². The molecule has 0 bridgehead atoms. The first-order valence-corrected chi connectivity index (χ1v) is 7.67. The lowest BCUT2D eigenvalue weighted by atomic mass is 9.98. The van der Waals surface area contributed by atoms with Gasteiger partial charge in [-0.1, -0.05) is 39.7 Å². The molecule has 0 aliphatic carbocycles. The molecule has 2 rings (SSSR count). The molecule has 0 aliphatic rings. The van der Waals surface area contributed by atoms with E-state index in [1.807, 2.05) is 25.2 Å². The van der Waals surface area contributed by atoms with Crippen LogP contribution in [0, 0.1) is 5.82 Å². The van der Waals surface area contributed by atoms with Gasteiger partial charge in [0.15, 0.2) is 11.6 Å². The molecular weight excluding hydrogens is 357 g/mol. The Morgan fingerprint density at radius 2 is 2.10 bits per heavy atom. The van der Waals surface area contributed by atoms with Crippen molar-refractivity contribution in [1.82, 2.24) is 5.32 Å². The van der Waals surface area contributed by atoms with Gasteiger partial charge in [0.1, 0.15) is 0 Å². The fourth-order valence-electron chi connectivity index (χ4n) is 2.24. The lowest BCUT2D eigenvalue weighted by molar-refractivity contribution is 0.383. The molecule has 1 N–H and O–H groups in total. The highest BCUT2D eigenvalue weighted by molar-refractivity contribution is 9.10. The second-order valence-corrected chi connectivity index (χ2v) is 5.97. The summed E-state index contributed by atoms with van der Waals surface area (Å²) in [5.74, 6) is -0.0749. The Kier molecular flexibility index (Phi) is 5.62. The second-order valence-electron chi connectivity index (χ2n) is 4.64. The van der Waals surface area contributed by atoms with E-state index in [1.165, 1.54) is 7.11 Å². The van der Waals surface area contributed by atoms with Gasteiger partial charge < -0.3 is 10.1 Å².